The van der Waals surface area contributed by atoms with Gasteiger partial charge in [0.15, 0.2) is 0 Å². The molecule has 0 saturated heterocycles. The fraction of sp³-hybridized carbons (Fsp3) is 0.500. The highest BCUT2D eigenvalue weighted by atomic mass is 19.4. The van der Waals surface area contributed by atoms with E-state index in [1.807, 2.05) is 20.8 Å². The molecule has 0 aromatic heterocycles. The van der Waals surface area contributed by atoms with E-state index in [2.05, 4.69) is 0 Å². The summed E-state index contributed by atoms with van der Waals surface area (Å²) in [5.74, 6) is -1.51. The predicted octanol–water partition coefficient (Wildman–Crippen LogP) is 3.55. The van der Waals surface area contributed by atoms with Crippen LogP contribution >= 0.6 is 0 Å². The van der Waals surface area contributed by atoms with Crippen LogP contribution in [0.2, 0.25) is 0 Å². The third-order valence-electron chi connectivity index (χ3n) is 3.02. The van der Waals surface area contributed by atoms with Crippen molar-refractivity contribution in [2.45, 2.75) is 39.9 Å². The molecular formula is C16H20F3NO3. The van der Waals surface area contributed by atoms with Crippen LogP contribution in [0.25, 0.3) is 0 Å². The Labute approximate surface area is 132 Å². The van der Waals surface area contributed by atoms with Crippen molar-refractivity contribution < 1.29 is 27.9 Å². The molecule has 0 aliphatic carbocycles. The number of hydrogen-bond acceptors (Lipinski definition) is 2. The smallest absolute Gasteiger partial charge is 0.416 e. The molecule has 0 spiro atoms. The van der Waals surface area contributed by atoms with Crippen LogP contribution in [0.1, 0.15) is 38.3 Å². The van der Waals surface area contributed by atoms with Gasteiger partial charge in [0.25, 0.3) is 0 Å². The molecule has 1 aromatic rings. The zero-order valence-corrected chi connectivity index (χ0v) is 13.3. The first kappa shape index (κ1) is 19.0. The minimum Gasteiger partial charge on any atom is -0.480 e. The number of carboxylic acids is 1. The molecule has 1 rings (SSSR count). The average Bonchev–Trinajstić information content (AvgIpc) is 2.35. The monoisotopic (exact) mass is 331 g/mol. The van der Waals surface area contributed by atoms with Crippen molar-refractivity contribution in [1.82, 2.24) is 4.90 Å². The molecule has 128 valence electrons. The van der Waals surface area contributed by atoms with Gasteiger partial charge in [-0.3, -0.25) is 9.59 Å². The molecule has 0 fully saturated rings. The lowest BCUT2D eigenvalue weighted by Crippen LogP contribution is -2.37. The number of amides is 1. The van der Waals surface area contributed by atoms with Gasteiger partial charge in [-0.2, -0.15) is 13.2 Å². The number of aliphatic carboxylic acids is 1. The van der Waals surface area contributed by atoms with Crippen LogP contribution in [0.5, 0.6) is 0 Å². The molecule has 7 heteroatoms. The molecule has 1 aromatic carbocycles. The SMILES string of the molecule is CC(C)(C)CC(=O)N(CC(=O)O)Cc1ccc(C(F)(F)F)cc1. The lowest BCUT2D eigenvalue weighted by atomic mass is 9.91. The minimum atomic E-state index is -4.43. The standard InChI is InChI=1S/C16H20F3NO3/c1-15(2,3)8-13(21)20(10-14(22)23)9-11-4-6-12(7-5-11)16(17,18)19/h4-7H,8-10H2,1-3H3,(H,22,23). The second kappa shape index (κ2) is 7.02. The number of alkyl halides is 3. The molecule has 1 N–H and O–H groups in total. The van der Waals surface area contributed by atoms with Crippen LogP contribution < -0.4 is 0 Å². The Morgan fingerprint density at radius 3 is 2.00 bits per heavy atom. The Balaban J connectivity index is 2.89. The normalized spacial score (nSPS) is 12.1. The quantitative estimate of drug-likeness (QED) is 0.897. The summed E-state index contributed by atoms with van der Waals surface area (Å²) in [6, 6.07) is 4.34. The highest BCUT2D eigenvalue weighted by Crippen LogP contribution is 2.29. The molecule has 0 unspecified atom stereocenters. The van der Waals surface area contributed by atoms with Crippen molar-refractivity contribution in [2.24, 2.45) is 5.41 Å². The van der Waals surface area contributed by atoms with E-state index in [4.69, 9.17) is 5.11 Å². The number of carboxylic acid groups (broad SMARTS) is 1. The van der Waals surface area contributed by atoms with Crippen LogP contribution in [-0.4, -0.2) is 28.4 Å². The minimum absolute atomic E-state index is 0.0423. The maximum absolute atomic E-state index is 12.5. The van der Waals surface area contributed by atoms with Crippen LogP contribution in [0.15, 0.2) is 24.3 Å². The summed E-state index contributed by atoms with van der Waals surface area (Å²) in [4.78, 5) is 24.3. The largest absolute Gasteiger partial charge is 0.480 e. The fourth-order valence-corrected chi connectivity index (χ4v) is 1.98. The van der Waals surface area contributed by atoms with E-state index >= 15 is 0 Å². The molecule has 23 heavy (non-hydrogen) atoms. The van der Waals surface area contributed by atoms with Crippen molar-refractivity contribution in [1.29, 1.82) is 0 Å². The Kier molecular flexibility index (Phi) is 5.80. The summed E-state index contributed by atoms with van der Waals surface area (Å²) in [6.07, 6.45) is -4.28. The van der Waals surface area contributed by atoms with Crippen LogP contribution in [0, 0.1) is 5.41 Å². The number of halogens is 3. The lowest BCUT2D eigenvalue weighted by Gasteiger charge is -2.25. The molecule has 0 aliphatic rings. The number of carbonyl (C=O) groups is 2. The van der Waals surface area contributed by atoms with E-state index < -0.39 is 24.3 Å². The Hall–Kier alpha value is -2.05. The molecule has 0 bridgehead atoms. The number of carbonyl (C=O) groups excluding carboxylic acids is 1. The summed E-state index contributed by atoms with van der Waals surface area (Å²) in [5.41, 5.74) is -0.651. The van der Waals surface area contributed by atoms with E-state index in [0.29, 0.717) is 5.56 Å². The van der Waals surface area contributed by atoms with E-state index in [9.17, 15) is 22.8 Å². The van der Waals surface area contributed by atoms with Gasteiger partial charge in [-0.15, -0.1) is 0 Å². The third-order valence-corrected chi connectivity index (χ3v) is 3.02. The summed E-state index contributed by atoms with van der Waals surface area (Å²) in [5, 5.41) is 8.92. The first-order valence-electron chi connectivity index (χ1n) is 7.04. The summed E-state index contributed by atoms with van der Waals surface area (Å²) >= 11 is 0. The van der Waals surface area contributed by atoms with Crippen LogP contribution in [0.4, 0.5) is 13.2 Å². The molecule has 0 radical (unpaired) electrons. The number of nitrogens with zero attached hydrogens (tertiary/aromatic N) is 1. The predicted molar refractivity (Wildman–Crippen MR) is 78.6 cm³/mol. The Morgan fingerprint density at radius 2 is 1.61 bits per heavy atom. The number of benzene rings is 1. The van der Waals surface area contributed by atoms with Crippen molar-refractivity contribution in [2.75, 3.05) is 6.54 Å². The van der Waals surface area contributed by atoms with Gasteiger partial charge in [-0.25, -0.2) is 0 Å². The van der Waals surface area contributed by atoms with Crippen molar-refractivity contribution >= 4 is 11.9 Å². The summed E-state index contributed by atoms with van der Waals surface area (Å²) < 4.78 is 37.6. The van der Waals surface area contributed by atoms with E-state index in [1.54, 1.807) is 0 Å². The van der Waals surface area contributed by atoms with Crippen molar-refractivity contribution in [3.8, 4) is 0 Å². The Morgan fingerprint density at radius 1 is 1.09 bits per heavy atom. The highest BCUT2D eigenvalue weighted by Gasteiger charge is 2.30. The van der Waals surface area contributed by atoms with E-state index in [0.717, 1.165) is 17.0 Å². The fourth-order valence-electron chi connectivity index (χ4n) is 1.98. The van der Waals surface area contributed by atoms with Gasteiger partial charge in [-0.05, 0) is 23.1 Å². The average molecular weight is 331 g/mol. The first-order valence-corrected chi connectivity index (χ1v) is 7.04. The molecule has 1 amide bonds. The zero-order chi connectivity index (χ0) is 17.8. The molecule has 0 saturated carbocycles. The molecule has 4 nitrogen and oxygen atoms in total. The molecular weight excluding hydrogens is 311 g/mol. The maximum Gasteiger partial charge on any atom is 0.416 e. The second-order valence-corrected chi connectivity index (χ2v) is 6.58. The third kappa shape index (κ3) is 6.71. The van der Waals surface area contributed by atoms with Gasteiger partial charge < -0.3 is 10.0 Å². The summed E-state index contributed by atoms with van der Waals surface area (Å²) in [6.45, 7) is 5.02. The lowest BCUT2D eigenvalue weighted by molar-refractivity contribution is -0.145. The topological polar surface area (TPSA) is 57.6 Å². The zero-order valence-electron chi connectivity index (χ0n) is 13.3. The van der Waals surface area contributed by atoms with Crippen LogP contribution in [-0.2, 0) is 22.3 Å². The number of rotatable bonds is 5. The highest BCUT2D eigenvalue weighted by molar-refractivity contribution is 5.81. The summed E-state index contributed by atoms with van der Waals surface area (Å²) in [7, 11) is 0. The second-order valence-electron chi connectivity index (χ2n) is 6.58. The molecule has 0 heterocycles. The van der Waals surface area contributed by atoms with Crippen molar-refractivity contribution in [3.63, 3.8) is 0 Å². The maximum atomic E-state index is 12.5. The van der Waals surface area contributed by atoms with Crippen molar-refractivity contribution in [3.05, 3.63) is 35.4 Å². The van der Waals surface area contributed by atoms with E-state index in [1.165, 1.54) is 12.1 Å². The van der Waals surface area contributed by atoms with Gasteiger partial charge >= 0.3 is 12.1 Å². The molecule has 0 atom stereocenters. The number of hydrogen-bond donors (Lipinski definition) is 1. The Bertz CT molecular complexity index is 559. The van der Waals surface area contributed by atoms with Gasteiger partial charge in [-0.1, -0.05) is 32.9 Å². The first-order chi connectivity index (χ1) is 10.4. The van der Waals surface area contributed by atoms with Gasteiger partial charge in [0.1, 0.15) is 6.54 Å². The molecule has 0 aliphatic heterocycles. The van der Waals surface area contributed by atoms with Crippen LogP contribution in [0.3, 0.4) is 0 Å². The van der Waals surface area contributed by atoms with Gasteiger partial charge in [0.2, 0.25) is 5.91 Å². The van der Waals surface area contributed by atoms with E-state index in [-0.39, 0.29) is 24.3 Å². The van der Waals surface area contributed by atoms with Gasteiger partial charge in [0.05, 0.1) is 5.56 Å². The van der Waals surface area contributed by atoms with Gasteiger partial charge in [0, 0.05) is 13.0 Å².